The fraction of sp³-hybridized carbons (Fsp3) is 0.462. The molecule has 5 heteroatoms. The van der Waals surface area contributed by atoms with E-state index in [-0.39, 0.29) is 6.42 Å². The molecule has 2 nitrogen and oxygen atoms in total. The van der Waals surface area contributed by atoms with Crippen molar-refractivity contribution in [1.82, 2.24) is 0 Å². The summed E-state index contributed by atoms with van der Waals surface area (Å²) in [5, 5.41) is 0. The number of hydrogen-bond donors (Lipinski definition) is 0. The van der Waals surface area contributed by atoms with Crippen molar-refractivity contribution in [3.8, 4) is 5.75 Å². The molecule has 0 atom stereocenters. The van der Waals surface area contributed by atoms with Gasteiger partial charge in [-0.2, -0.15) is 0 Å². The Morgan fingerprint density at radius 3 is 2.50 bits per heavy atom. The largest absolute Gasteiger partial charge is 0.496 e. The molecule has 0 bridgehead atoms. The first-order chi connectivity index (χ1) is 8.27. The molecule has 0 saturated carbocycles. The number of ether oxygens (including phenoxy) is 1. The lowest BCUT2D eigenvalue weighted by atomic mass is 9.79. The second kappa shape index (κ2) is 5.42. The SMILES string of the molecule is COc1ccc(F)cc1C(C)(C)CC(=O)C(F)F. The molecule has 0 amide bonds. The van der Waals surface area contributed by atoms with E-state index in [4.69, 9.17) is 4.74 Å². The first-order valence-electron chi connectivity index (χ1n) is 5.43. The van der Waals surface area contributed by atoms with Crippen LogP contribution in [0.15, 0.2) is 18.2 Å². The van der Waals surface area contributed by atoms with E-state index in [0.717, 1.165) is 0 Å². The van der Waals surface area contributed by atoms with Crippen molar-refractivity contribution in [3.05, 3.63) is 29.6 Å². The van der Waals surface area contributed by atoms with Crippen LogP contribution in [-0.4, -0.2) is 19.3 Å². The van der Waals surface area contributed by atoms with Crippen molar-refractivity contribution in [2.45, 2.75) is 32.1 Å². The van der Waals surface area contributed by atoms with Gasteiger partial charge in [-0.1, -0.05) is 13.8 Å². The Bertz CT molecular complexity index is 442. The van der Waals surface area contributed by atoms with Crippen molar-refractivity contribution in [2.75, 3.05) is 7.11 Å². The number of hydrogen-bond acceptors (Lipinski definition) is 2. The molecule has 0 N–H and O–H groups in total. The van der Waals surface area contributed by atoms with Crippen LogP contribution < -0.4 is 4.74 Å². The van der Waals surface area contributed by atoms with Gasteiger partial charge in [0.25, 0.3) is 6.43 Å². The van der Waals surface area contributed by atoms with Gasteiger partial charge in [0.05, 0.1) is 7.11 Å². The molecule has 0 aliphatic rings. The monoisotopic (exact) mass is 260 g/mol. The normalized spacial score (nSPS) is 11.7. The third-order valence-corrected chi connectivity index (χ3v) is 2.75. The molecule has 1 aromatic carbocycles. The van der Waals surface area contributed by atoms with Gasteiger partial charge in [0, 0.05) is 17.4 Å². The highest BCUT2D eigenvalue weighted by molar-refractivity contribution is 5.83. The summed E-state index contributed by atoms with van der Waals surface area (Å²) in [6.45, 7) is 3.20. The molecular formula is C13H15F3O2. The van der Waals surface area contributed by atoms with Gasteiger partial charge in [-0.15, -0.1) is 0 Å². The van der Waals surface area contributed by atoms with Gasteiger partial charge >= 0.3 is 0 Å². The number of alkyl halides is 2. The van der Waals surface area contributed by atoms with Crippen molar-refractivity contribution in [1.29, 1.82) is 0 Å². The van der Waals surface area contributed by atoms with Crippen LogP contribution in [0.5, 0.6) is 5.75 Å². The van der Waals surface area contributed by atoms with Crippen molar-refractivity contribution >= 4 is 5.78 Å². The van der Waals surface area contributed by atoms with Gasteiger partial charge in [-0.25, -0.2) is 13.2 Å². The Morgan fingerprint density at radius 1 is 1.39 bits per heavy atom. The fourth-order valence-electron chi connectivity index (χ4n) is 1.82. The van der Waals surface area contributed by atoms with E-state index in [1.54, 1.807) is 13.8 Å². The first-order valence-corrected chi connectivity index (χ1v) is 5.43. The number of Topliss-reactive ketones (excluding diaryl/α,β-unsaturated/α-hetero) is 1. The van der Waals surface area contributed by atoms with Gasteiger partial charge < -0.3 is 4.74 Å². The van der Waals surface area contributed by atoms with Crippen LogP contribution in [0.2, 0.25) is 0 Å². The Labute approximate surface area is 104 Å². The van der Waals surface area contributed by atoms with Gasteiger partial charge in [-0.05, 0) is 18.2 Å². The maximum absolute atomic E-state index is 13.2. The molecule has 0 aliphatic carbocycles. The molecule has 0 heterocycles. The third kappa shape index (κ3) is 3.24. The number of halogens is 3. The van der Waals surface area contributed by atoms with Crippen LogP contribution >= 0.6 is 0 Å². The van der Waals surface area contributed by atoms with Crippen LogP contribution in [0.3, 0.4) is 0 Å². The van der Waals surface area contributed by atoms with E-state index in [1.165, 1.54) is 25.3 Å². The molecule has 0 aromatic heterocycles. The summed E-state index contributed by atoms with van der Waals surface area (Å²) in [4.78, 5) is 11.1. The average molecular weight is 260 g/mol. The van der Waals surface area contributed by atoms with E-state index in [9.17, 15) is 18.0 Å². The molecule has 1 rings (SSSR count). The second-order valence-electron chi connectivity index (χ2n) is 4.67. The summed E-state index contributed by atoms with van der Waals surface area (Å²) in [5.74, 6) is -1.28. The summed E-state index contributed by atoms with van der Waals surface area (Å²) >= 11 is 0. The third-order valence-electron chi connectivity index (χ3n) is 2.75. The number of carbonyl (C=O) groups is 1. The maximum Gasteiger partial charge on any atom is 0.296 e. The van der Waals surface area contributed by atoms with Crippen LogP contribution in [-0.2, 0) is 10.2 Å². The van der Waals surface area contributed by atoms with Crippen LogP contribution in [0.25, 0.3) is 0 Å². The van der Waals surface area contributed by atoms with E-state index in [2.05, 4.69) is 0 Å². The quantitative estimate of drug-likeness (QED) is 0.811. The Hall–Kier alpha value is -1.52. The summed E-state index contributed by atoms with van der Waals surface area (Å²) in [5.41, 5.74) is -0.514. The lowest BCUT2D eigenvalue weighted by molar-refractivity contribution is -0.130. The first kappa shape index (κ1) is 14.5. The molecule has 0 aliphatic heterocycles. The van der Waals surface area contributed by atoms with Crippen LogP contribution in [0.4, 0.5) is 13.2 Å². The zero-order valence-corrected chi connectivity index (χ0v) is 10.5. The molecule has 0 spiro atoms. The van der Waals surface area contributed by atoms with E-state index in [0.29, 0.717) is 11.3 Å². The van der Waals surface area contributed by atoms with Crippen LogP contribution in [0.1, 0.15) is 25.8 Å². The van der Waals surface area contributed by atoms with Crippen LogP contribution in [0, 0.1) is 5.82 Å². The van der Waals surface area contributed by atoms with Gasteiger partial charge in [0.2, 0.25) is 0 Å². The maximum atomic E-state index is 13.2. The fourth-order valence-corrected chi connectivity index (χ4v) is 1.82. The standard InChI is InChI=1S/C13H15F3O2/c1-13(2,7-10(17)12(15)16)9-6-8(14)4-5-11(9)18-3/h4-6,12H,7H2,1-3H3. The van der Waals surface area contributed by atoms with E-state index >= 15 is 0 Å². The second-order valence-corrected chi connectivity index (χ2v) is 4.67. The summed E-state index contributed by atoms with van der Waals surface area (Å²) in [6, 6.07) is 3.84. The number of ketones is 1. The molecule has 0 unspecified atom stereocenters. The smallest absolute Gasteiger partial charge is 0.296 e. The highest BCUT2D eigenvalue weighted by Gasteiger charge is 2.31. The Morgan fingerprint density at radius 2 is 2.00 bits per heavy atom. The lowest BCUT2D eigenvalue weighted by Crippen LogP contribution is -2.26. The number of methoxy groups -OCH3 is 1. The Kier molecular flexibility index (Phi) is 4.38. The summed E-state index contributed by atoms with van der Waals surface area (Å²) < 4.78 is 42.8. The molecule has 1 aromatic rings. The molecule has 0 fully saturated rings. The van der Waals surface area contributed by atoms with Crippen molar-refractivity contribution < 1.29 is 22.7 Å². The molecular weight excluding hydrogens is 245 g/mol. The minimum absolute atomic E-state index is 0.371. The van der Waals surface area contributed by atoms with Gasteiger partial charge in [0.1, 0.15) is 11.6 Å². The zero-order valence-electron chi connectivity index (χ0n) is 10.5. The highest BCUT2D eigenvalue weighted by Crippen LogP contribution is 2.35. The highest BCUT2D eigenvalue weighted by atomic mass is 19.3. The molecule has 0 saturated heterocycles. The Balaban J connectivity index is 3.10. The molecule has 100 valence electrons. The predicted octanol–water partition coefficient (Wildman–Crippen LogP) is 3.34. The average Bonchev–Trinajstić information content (AvgIpc) is 2.28. The number of benzene rings is 1. The topological polar surface area (TPSA) is 26.3 Å². The lowest BCUT2D eigenvalue weighted by Gasteiger charge is -2.26. The van der Waals surface area contributed by atoms with E-state index in [1.807, 2.05) is 0 Å². The number of carbonyl (C=O) groups excluding carboxylic acids is 1. The van der Waals surface area contributed by atoms with Crippen molar-refractivity contribution in [3.63, 3.8) is 0 Å². The minimum atomic E-state index is -3.01. The summed E-state index contributed by atoms with van der Waals surface area (Å²) in [6.07, 6.45) is -3.38. The van der Waals surface area contributed by atoms with Crippen molar-refractivity contribution in [2.24, 2.45) is 0 Å². The summed E-state index contributed by atoms with van der Waals surface area (Å²) in [7, 11) is 1.40. The predicted molar refractivity (Wildman–Crippen MR) is 61.6 cm³/mol. The minimum Gasteiger partial charge on any atom is -0.496 e. The van der Waals surface area contributed by atoms with E-state index < -0.39 is 23.4 Å². The van der Waals surface area contributed by atoms with Gasteiger partial charge in [0.15, 0.2) is 5.78 Å². The zero-order chi connectivity index (χ0) is 13.9. The molecule has 18 heavy (non-hydrogen) atoms. The molecule has 0 radical (unpaired) electrons. The van der Waals surface area contributed by atoms with Gasteiger partial charge in [-0.3, -0.25) is 4.79 Å². The number of rotatable bonds is 5.